The Morgan fingerprint density at radius 3 is 2.88 bits per heavy atom. The van der Waals surface area contributed by atoms with Gasteiger partial charge in [-0.3, -0.25) is 4.79 Å². The molecule has 0 aliphatic heterocycles. The van der Waals surface area contributed by atoms with Crippen molar-refractivity contribution in [1.82, 2.24) is 15.0 Å². The molecule has 9 heteroatoms. The predicted molar refractivity (Wildman–Crippen MR) is 97.6 cm³/mol. The lowest BCUT2D eigenvalue weighted by Gasteiger charge is -2.19. The molecule has 0 spiro atoms. The summed E-state index contributed by atoms with van der Waals surface area (Å²) in [6, 6.07) is 4.76. The van der Waals surface area contributed by atoms with E-state index in [-0.39, 0.29) is 30.9 Å². The molecule has 140 valence electrons. The summed E-state index contributed by atoms with van der Waals surface area (Å²) in [5.41, 5.74) is 11.6. The Balaban J connectivity index is 2.11. The van der Waals surface area contributed by atoms with Crippen LogP contribution in [0.2, 0.25) is 0 Å². The minimum atomic E-state index is -0.605. The van der Waals surface area contributed by atoms with Gasteiger partial charge in [0.25, 0.3) is 5.91 Å². The second-order valence-corrected chi connectivity index (χ2v) is 5.77. The van der Waals surface area contributed by atoms with E-state index >= 15 is 0 Å². The highest BCUT2D eigenvalue weighted by Gasteiger charge is 2.14. The number of carbonyl (C=O) groups excluding carboxylic acids is 1. The number of anilines is 2. The number of nitrogens with one attached hydrogen (secondary N) is 1. The van der Waals surface area contributed by atoms with Gasteiger partial charge in [0.15, 0.2) is 11.6 Å². The molecular formula is C17H24N6O3. The highest BCUT2D eigenvalue weighted by molar-refractivity contribution is 5.90. The topological polar surface area (TPSA) is 149 Å². The molecule has 9 nitrogen and oxygen atoms in total. The number of aliphatic hydroxyl groups is 1. The summed E-state index contributed by atoms with van der Waals surface area (Å²) in [7, 11) is 0. The number of nitrogen functional groups attached to an aromatic ring is 1. The van der Waals surface area contributed by atoms with Crippen molar-refractivity contribution in [3.05, 3.63) is 35.8 Å². The number of nitrogens with zero attached hydrogens (tertiary/aromatic N) is 3. The molecule has 6 N–H and O–H groups in total. The number of aliphatic hydroxyl groups excluding tert-OH is 1. The van der Waals surface area contributed by atoms with Gasteiger partial charge in [0, 0.05) is 0 Å². The Labute approximate surface area is 151 Å². The van der Waals surface area contributed by atoms with Crippen molar-refractivity contribution in [2.75, 3.05) is 17.7 Å². The van der Waals surface area contributed by atoms with E-state index in [1.807, 2.05) is 0 Å². The quantitative estimate of drug-likeness (QED) is 0.492. The highest BCUT2D eigenvalue weighted by Crippen LogP contribution is 2.24. The first-order chi connectivity index (χ1) is 12.5. The summed E-state index contributed by atoms with van der Waals surface area (Å²) in [4.78, 5) is 23.4. The van der Waals surface area contributed by atoms with Gasteiger partial charge in [-0.1, -0.05) is 25.8 Å². The van der Waals surface area contributed by atoms with E-state index in [0.29, 0.717) is 17.3 Å². The number of nitrogens with two attached hydrogens (primary N) is 2. The number of ether oxygens (including phenoxy) is 1. The SMILES string of the molecule is CCCCC(CO)Nc1nc(N)ncc1OCc1cccc(C(N)=O)n1. The first-order valence-electron chi connectivity index (χ1n) is 8.42. The Morgan fingerprint density at radius 2 is 2.19 bits per heavy atom. The van der Waals surface area contributed by atoms with Crippen LogP contribution in [0.3, 0.4) is 0 Å². The minimum absolute atomic E-state index is 0.0362. The van der Waals surface area contributed by atoms with Crippen LogP contribution in [0.1, 0.15) is 42.4 Å². The van der Waals surface area contributed by atoms with Crippen LogP contribution in [0.25, 0.3) is 0 Å². The van der Waals surface area contributed by atoms with E-state index in [9.17, 15) is 9.90 Å². The minimum Gasteiger partial charge on any atom is -0.482 e. The van der Waals surface area contributed by atoms with Crippen LogP contribution in [-0.2, 0) is 6.61 Å². The van der Waals surface area contributed by atoms with Crippen LogP contribution >= 0.6 is 0 Å². The Kier molecular flexibility index (Phi) is 7.10. The lowest BCUT2D eigenvalue weighted by Crippen LogP contribution is -2.25. The average Bonchev–Trinajstić information content (AvgIpc) is 2.64. The van der Waals surface area contributed by atoms with Crippen LogP contribution in [0.4, 0.5) is 11.8 Å². The lowest BCUT2D eigenvalue weighted by atomic mass is 10.1. The second-order valence-electron chi connectivity index (χ2n) is 5.77. The summed E-state index contributed by atoms with van der Waals surface area (Å²) in [6.45, 7) is 2.15. The molecule has 1 amide bonds. The number of amides is 1. The van der Waals surface area contributed by atoms with Crippen LogP contribution in [0.5, 0.6) is 5.75 Å². The fourth-order valence-electron chi connectivity index (χ4n) is 2.30. The Morgan fingerprint density at radius 1 is 1.38 bits per heavy atom. The van der Waals surface area contributed by atoms with Gasteiger partial charge in [-0.2, -0.15) is 4.98 Å². The van der Waals surface area contributed by atoms with Crippen molar-refractivity contribution >= 4 is 17.7 Å². The first-order valence-corrected chi connectivity index (χ1v) is 8.42. The van der Waals surface area contributed by atoms with Crippen molar-refractivity contribution in [3.8, 4) is 5.75 Å². The van der Waals surface area contributed by atoms with Gasteiger partial charge in [0.2, 0.25) is 5.95 Å². The molecule has 0 aromatic carbocycles. The van der Waals surface area contributed by atoms with Crippen molar-refractivity contribution < 1.29 is 14.6 Å². The number of aromatic nitrogens is 3. The van der Waals surface area contributed by atoms with Gasteiger partial charge < -0.3 is 26.6 Å². The fourth-order valence-corrected chi connectivity index (χ4v) is 2.30. The van der Waals surface area contributed by atoms with Gasteiger partial charge in [0.1, 0.15) is 12.3 Å². The van der Waals surface area contributed by atoms with Crippen LogP contribution in [0.15, 0.2) is 24.4 Å². The molecule has 0 aliphatic carbocycles. The number of hydrogen-bond donors (Lipinski definition) is 4. The van der Waals surface area contributed by atoms with Crippen molar-refractivity contribution in [2.24, 2.45) is 5.73 Å². The molecular weight excluding hydrogens is 336 g/mol. The molecule has 2 rings (SSSR count). The molecule has 2 aromatic rings. The molecule has 0 saturated carbocycles. The van der Waals surface area contributed by atoms with E-state index in [0.717, 1.165) is 19.3 Å². The average molecular weight is 360 g/mol. The van der Waals surface area contributed by atoms with Gasteiger partial charge in [-0.25, -0.2) is 9.97 Å². The van der Waals surface area contributed by atoms with Crippen molar-refractivity contribution in [1.29, 1.82) is 0 Å². The number of hydrogen-bond acceptors (Lipinski definition) is 8. The molecule has 0 saturated heterocycles. The van der Waals surface area contributed by atoms with E-state index in [2.05, 4.69) is 27.2 Å². The van der Waals surface area contributed by atoms with E-state index < -0.39 is 5.91 Å². The van der Waals surface area contributed by atoms with Gasteiger partial charge in [-0.15, -0.1) is 0 Å². The third-order valence-corrected chi connectivity index (χ3v) is 3.68. The third kappa shape index (κ3) is 5.55. The summed E-state index contributed by atoms with van der Waals surface area (Å²) in [5.74, 6) is 0.270. The maximum Gasteiger partial charge on any atom is 0.267 e. The molecule has 0 radical (unpaired) electrons. The molecule has 2 heterocycles. The highest BCUT2D eigenvalue weighted by atomic mass is 16.5. The van der Waals surface area contributed by atoms with Crippen LogP contribution in [-0.4, -0.2) is 38.6 Å². The van der Waals surface area contributed by atoms with E-state index in [1.54, 1.807) is 12.1 Å². The Hall–Kier alpha value is -2.94. The monoisotopic (exact) mass is 360 g/mol. The second kappa shape index (κ2) is 9.52. The molecule has 1 unspecified atom stereocenters. The zero-order valence-electron chi connectivity index (χ0n) is 14.7. The third-order valence-electron chi connectivity index (χ3n) is 3.68. The largest absolute Gasteiger partial charge is 0.482 e. The van der Waals surface area contributed by atoms with Crippen LogP contribution < -0.4 is 21.5 Å². The summed E-state index contributed by atoms with van der Waals surface area (Å²) in [5, 5.41) is 12.7. The maximum absolute atomic E-state index is 11.2. The molecule has 2 aromatic heterocycles. The van der Waals surface area contributed by atoms with Crippen molar-refractivity contribution in [3.63, 3.8) is 0 Å². The van der Waals surface area contributed by atoms with Crippen LogP contribution in [0, 0.1) is 0 Å². The summed E-state index contributed by atoms with van der Waals surface area (Å²) < 4.78 is 5.72. The maximum atomic E-state index is 11.2. The molecule has 1 atom stereocenters. The number of pyridine rings is 1. The summed E-state index contributed by atoms with van der Waals surface area (Å²) >= 11 is 0. The van der Waals surface area contributed by atoms with Gasteiger partial charge in [-0.05, 0) is 18.6 Å². The number of unbranched alkanes of at least 4 members (excludes halogenated alkanes) is 1. The Bertz CT molecular complexity index is 740. The van der Waals surface area contributed by atoms with Crippen molar-refractivity contribution in [2.45, 2.75) is 38.8 Å². The number of rotatable bonds is 10. The molecule has 26 heavy (non-hydrogen) atoms. The first kappa shape index (κ1) is 19.4. The number of primary amides is 1. The number of carbonyl (C=O) groups is 1. The zero-order valence-corrected chi connectivity index (χ0v) is 14.7. The standard InChI is InChI=1S/C17H24N6O3/c1-2-3-5-11(9-24)22-16-14(8-20-17(19)23-16)26-10-12-6-4-7-13(21-12)15(18)25/h4,6-8,11,24H,2-3,5,9-10H2,1H3,(H2,18,25)(H3,19,20,22,23). The molecule has 0 fully saturated rings. The normalized spacial score (nSPS) is 11.8. The van der Waals surface area contributed by atoms with E-state index in [1.165, 1.54) is 12.3 Å². The lowest BCUT2D eigenvalue weighted by molar-refractivity contribution is 0.0995. The zero-order chi connectivity index (χ0) is 18.9. The smallest absolute Gasteiger partial charge is 0.267 e. The molecule has 0 aliphatic rings. The fraction of sp³-hybridized carbons (Fsp3) is 0.412. The molecule has 0 bridgehead atoms. The van der Waals surface area contributed by atoms with Gasteiger partial charge in [0.05, 0.1) is 24.5 Å². The summed E-state index contributed by atoms with van der Waals surface area (Å²) in [6.07, 6.45) is 4.24. The predicted octanol–water partition coefficient (Wildman–Crippen LogP) is 1.09. The van der Waals surface area contributed by atoms with E-state index in [4.69, 9.17) is 16.2 Å². The van der Waals surface area contributed by atoms with Gasteiger partial charge >= 0.3 is 0 Å².